The van der Waals surface area contributed by atoms with Gasteiger partial charge in [0.2, 0.25) is 16.8 Å². The normalized spacial score (nSPS) is 28.8. The minimum Gasteiger partial charge on any atom is -0.454 e. The van der Waals surface area contributed by atoms with Crippen LogP contribution >= 0.6 is 0 Å². The second-order valence-electron chi connectivity index (χ2n) is 5.79. The van der Waals surface area contributed by atoms with Crippen molar-refractivity contribution in [1.29, 1.82) is 0 Å². The van der Waals surface area contributed by atoms with Crippen LogP contribution in [-0.2, 0) is 10.0 Å². The van der Waals surface area contributed by atoms with Gasteiger partial charge in [-0.05, 0) is 36.8 Å². The Hall–Kier alpha value is -1.27. The lowest BCUT2D eigenvalue weighted by atomic mass is 10.0. The fourth-order valence-corrected chi connectivity index (χ4v) is 5.14. The van der Waals surface area contributed by atoms with Gasteiger partial charge in [-0.3, -0.25) is 0 Å². The van der Waals surface area contributed by atoms with E-state index in [1.54, 1.807) is 22.5 Å². The monoisotopic (exact) mass is 295 g/mol. The molecule has 20 heavy (non-hydrogen) atoms. The molecule has 2 heterocycles. The number of benzene rings is 1. The second-order valence-corrected chi connectivity index (χ2v) is 7.73. The summed E-state index contributed by atoms with van der Waals surface area (Å²) in [5.74, 6) is 2.24. The Kier molecular flexibility index (Phi) is 2.72. The summed E-state index contributed by atoms with van der Waals surface area (Å²) in [5.41, 5.74) is 0. The molecule has 0 bridgehead atoms. The van der Waals surface area contributed by atoms with Gasteiger partial charge in [0, 0.05) is 19.2 Å². The molecule has 1 saturated heterocycles. The smallest absolute Gasteiger partial charge is 0.243 e. The van der Waals surface area contributed by atoms with Crippen molar-refractivity contribution < 1.29 is 17.9 Å². The Morgan fingerprint density at radius 2 is 1.75 bits per heavy atom. The molecule has 2 atom stereocenters. The zero-order valence-corrected chi connectivity index (χ0v) is 11.9. The minimum atomic E-state index is -3.40. The number of fused-ring (bicyclic) bond motifs is 2. The van der Waals surface area contributed by atoms with Gasteiger partial charge in [0.25, 0.3) is 0 Å². The second kappa shape index (κ2) is 4.36. The number of rotatable bonds is 2. The minimum absolute atomic E-state index is 0.159. The van der Waals surface area contributed by atoms with Crippen LogP contribution in [0.1, 0.15) is 19.3 Å². The van der Waals surface area contributed by atoms with Crippen molar-refractivity contribution >= 4 is 10.0 Å². The largest absolute Gasteiger partial charge is 0.454 e. The van der Waals surface area contributed by atoms with Gasteiger partial charge in [-0.2, -0.15) is 4.31 Å². The van der Waals surface area contributed by atoms with E-state index in [1.165, 1.54) is 6.42 Å². The molecule has 6 heteroatoms. The molecule has 4 rings (SSSR count). The zero-order chi connectivity index (χ0) is 13.7. The summed E-state index contributed by atoms with van der Waals surface area (Å²) in [5, 5.41) is 0. The van der Waals surface area contributed by atoms with Gasteiger partial charge in [-0.15, -0.1) is 0 Å². The van der Waals surface area contributed by atoms with Gasteiger partial charge < -0.3 is 9.47 Å². The Bertz CT molecular complexity index is 631. The van der Waals surface area contributed by atoms with E-state index in [0.717, 1.165) is 12.8 Å². The summed E-state index contributed by atoms with van der Waals surface area (Å²) in [6.45, 7) is 1.50. The van der Waals surface area contributed by atoms with Gasteiger partial charge in [0.15, 0.2) is 11.5 Å². The Balaban J connectivity index is 1.64. The molecule has 0 spiro atoms. The molecule has 0 aromatic heterocycles. The maximum absolute atomic E-state index is 12.7. The Morgan fingerprint density at radius 1 is 1.05 bits per heavy atom. The van der Waals surface area contributed by atoms with E-state index in [-0.39, 0.29) is 6.79 Å². The molecule has 2 aliphatic heterocycles. The van der Waals surface area contributed by atoms with Crippen molar-refractivity contribution in [3.8, 4) is 11.5 Å². The molecule has 1 saturated carbocycles. The first-order valence-corrected chi connectivity index (χ1v) is 8.48. The fourth-order valence-electron chi connectivity index (χ4n) is 3.57. The van der Waals surface area contributed by atoms with Crippen LogP contribution in [-0.4, -0.2) is 32.6 Å². The van der Waals surface area contributed by atoms with Crippen LogP contribution in [0.2, 0.25) is 0 Å². The van der Waals surface area contributed by atoms with Crippen LogP contribution < -0.4 is 9.47 Å². The SMILES string of the molecule is O=S(=O)(c1ccc2c(c1)OCO2)N1CC2CCCC2C1. The van der Waals surface area contributed by atoms with Crippen LogP contribution in [0.15, 0.2) is 23.1 Å². The van der Waals surface area contributed by atoms with E-state index < -0.39 is 10.0 Å². The van der Waals surface area contributed by atoms with Crippen molar-refractivity contribution in [2.24, 2.45) is 11.8 Å². The number of ether oxygens (including phenoxy) is 2. The van der Waals surface area contributed by atoms with Crippen molar-refractivity contribution in [3.05, 3.63) is 18.2 Å². The first-order valence-electron chi connectivity index (χ1n) is 7.04. The molecule has 0 amide bonds. The molecule has 3 aliphatic rings. The maximum atomic E-state index is 12.7. The summed E-state index contributed by atoms with van der Waals surface area (Å²) >= 11 is 0. The van der Waals surface area contributed by atoms with Crippen molar-refractivity contribution in [2.45, 2.75) is 24.2 Å². The molecular weight excluding hydrogens is 278 g/mol. The summed E-state index contributed by atoms with van der Waals surface area (Å²) < 4.78 is 37.5. The molecule has 1 aliphatic carbocycles. The molecule has 0 radical (unpaired) electrons. The summed E-state index contributed by atoms with van der Waals surface area (Å²) in [7, 11) is -3.40. The van der Waals surface area contributed by atoms with E-state index in [0.29, 0.717) is 41.3 Å². The first-order chi connectivity index (χ1) is 9.64. The van der Waals surface area contributed by atoms with Crippen molar-refractivity contribution in [1.82, 2.24) is 4.31 Å². The molecule has 5 nitrogen and oxygen atoms in total. The maximum Gasteiger partial charge on any atom is 0.243 e. The quantitative estimate of drug-likeness (QED) is 0.835. The predicted octanol–water partition coefficient (Wildman–Crippen LogP) is 1.84. The topological polar surface area (TPSA) is 55.8 Å². The molecule has 1 aromatic rings. The highest BCUT2D eigenvalue weighted by atomic mass is 32.2. The molecule has 2 unspecified atom stereocenters. The lowest BCUT2D eigenvalue weighted by Gasteiger charge is -2.17. The summed E-state index contributed by atoms with van der Waals surface area (Å²) in [6.07, 6.45) is 3.57. The highest BCUT2D eigenvalue weighted by Crippen LogP contribution is 2.41. The van der Waals surface area contributed by atoms with Gasteiger partial charge in [-0.1, -0.05) is 6.42 Å². The molecule has 0 N–H and O–H groups in total. The van der Waals surface area contributed by atoms with Gasteiger partial charge in [0.05, 0.1) is 4.90 Å². The van der Waals surface area contributed by atoms with E-state index in [2.05, 4.69) is 0 Å². The Morgan fingerprint density at radius 3 is 2.50 bits per heavy atom. The third kappa shape index (κ3) is 1.82. The average Bonchev–Trinajstić information content (AvgIpc) is 3.12. The lowest BCUT2D eigenvalue weighted by Crippen LogP contribution is -2.29. The van der Waals surface area contributed by atoms with Gasteiger partial charge in [-0.25, -0.2) is 8.42 Å². The standard InChI is InChI=1S/C14H17NO4S/c16-20(17,15-7-10-2-1-3-11(10)8-15)12-4-5-13-14(6-12)19-9-18-13/h4-6,10-11H,1-3,7-9H2. The van der Waals surface area contributed by atoms with Crippen LogP contribution in [0.5, 0.6) is 11.5 Å². The number of hydrogen-bond donors (Lipinski definition) is 0. The number of hydrogen-bond acceptors (Lipinski definition) is 4. The van der Waals surface area contributed by atoms with Crippen molar-refractivity contribution in [3.63, 3.8) is 0 Å². The lowest BCUT2D eigenvalue weighted by molar-refractivity contribution is 0.174. The fraction of sp³-hybridized carbons (Fsp3) is 0.571. The van der Waals surface area contributed by atoms with E-state index >= 15 is 0 Å². The zero-order valence-electron chi connectivity index (χ0n) is 11.1. The van der Waals surface area contributed by atoms with Crippen LogP contribution in [0.4, 0.5) is 0 Å². The van der Waals surface area contributed by atoms with Gasteiger partial charge in [0.1, 0.15) is 0 Å². The average molecular weight is 295 g/mol. The van der Waals surface area contributed by atoms with Crippen molar-refractivity contribution in [2.75, 3.05) is 19.9 Å². The van der Waals surface area contributed by atoms with Crippen LogP contribution in [0.3, 0.4) is 0 Å². The van der Waals surface area contributed by atoms with E-state index in [9.17, 15) is 8.42 Å². The summed E-state index contributed by atoms with van der Waals surface area (Å²) in [6, 6.07) is 4.86. The highest BCUT2D eigenvalue weighted by molar-refractivity contribution is 7.89. The third-order valence-electron chi connectivity index (χ3n) is 4.67. The van der Waals surface area contributed by atoms with Crippen LogP contribution in [0, 0.1) is 11.8 Å². The van der Waals surface area contributed by atoms with Crippen LogP contribution in [0.25, 0.3) is 0 Å². The Labute approximate surface area is 118 Å². The molecular formula is C14H17NO4S. The third-order valence-corrected chi connectivity index (χ3v) is 6.50. The molecule has 1 aromatic carbocycles. The number of sulfonamides is 1. The predicted molar refractivity (Wildman–Crippen MR) is 72.2 cm³/mol. The molecule has 2 fully saturated rings. The molecule has 108 valence electrons. The van der Waals surface area contributed by atoms with E-state index in [4.69, 9.17) is 9.47 Å². The van der Waals surface area contributed by atoms with E-state index in [1.807, 2.05) is 0 Å². The number of nitrogens with zero attached hydrogens (tertiary/aromatic N) is 1. The summed E-state index contributed by atoms with van der Waals surface area (Å²) in [4.78, 5) is 0.307. The first kappa shape index (κ1) is 12.5. The van der Waals surface area contributed by atoms with Gasteiger partial charge >= 0.3 is 0 Å². The highest BCUT2D eigenvalue weighted by Gasteiger charge is 2.41.